The third kappa shape index (κ3) is 5.20. The van der Waals surface area contributed by atoms with E-state index < -0.39 is 13.8 Å². The molecule has 0 spiro atoms. The van der Waals surface area contributed by atoms with Crippen LogP contribution in [-0.2, 0) is 14.1 Å². The first-order valence-electron chi connectivity index (χ1n) is 7.36. The second-order valence-electron chi connectivity index (χ2n) is 5.59. The molecule has 0 aliphatic rings. The van der Waals surface area contributed by atoms with Gasteiger partial charge in [-0.3, -0.25) is 9.78 Å². The molecule has 0 heterocycles. The van der Waals surface area contributed by atoms with E-state index in [1.165, 1.54) is 12.1 Å². The molecule has 0 aliphatic heterocycles. The zero-order valence-corrected chi connectivity index (χ0v) is 14.5. The summed E-state index contributed by atoms with van der Waals surface area (Å²) in [6.07, 6.45) is 0. The molecule has 2 aromatic rings. The zero-order chi connectivity index (χ0) is 17.7. The SMILES string of the molecule is Cc1ccc(C(=O)OOP(=O)(O)Oc2ccc(C(C)C)cc2)cc1. The lowest BCUT2D eigenvalue weighted by Gasteiger charge is -2.12. The molecule has 0 saturated carbocycles. The van der Waals surface area contributed by atoms with Crippen LogP contribution in [0.5, 0.6) is 5.75 Å². The van der Waals surface area contributed by atoms with Crippen molar-refractivity contribution in [3.8, 4) is 5.75 Å². The summed E-state index contributed by atoms with van der Waals surface area (Å²) in [6.45, 7) is 5.92. The number of phosphoric acid groups is 1. The molecule has 6 nitrogen and oxygen atoms in total. The van der Waals surface area contributed by atoms with Crippen LogP contribution in [-0.4, -0.2) is 10.9 Å². The minimum absolute atomic E-state index is 0.136. The van der Waals surface area contributed by atoms with Gasteiger partial charge in [-0.05, 0) is 42.7 Å². The van der Waals surface area contributed by atoms with Gasteiger partial charge in [0.15, 0.2) is 0 Å². The Hall–Kier alpha value is -2.14. The minimum Gasteiger partial charge on any atom is -0.402 e. The first kappa shape index (κ1) is 18.2. The van der Waals surface area contributed by atoms with Gasteiger partial charge in [-0.25, -0.2) is 9.36 Å². The van der Waals surface area contributed by atoms with E-state index >= 15 is 0 Å². The summed E-state index contributed by atoms with van der Waals surface area (Å²) in [5.41, 5.74) is 2.22. The highest BCUT2D eigenvalue weighted by atomic mass is 31.2. The maximum Gasteiger partial charge on any atom is 0.564 e. The molecule has 0 aromatic heterocycles. The molecule has 1 unspecified atom stereocenters. The van der Waals surface area contributed by atoms with Gasteiger partial charge in [0.05, 0.1) is 5.56 Å². The lowest BCUT2D eigenvalue weighted by Crippen LogP contribution is -2.07. The second-order valence-corrected chi connectivity index (χ2v) is 6.86. The third-order valence-electron chi connectivity index (χ3n) is 3.26. The van der Waals surface area contributed by atoms with Crippen molar-refractivity contribution in [1.29, 1.82) is 0 Å². The van der Waals surface area contributed by atoms with Crippen molar-refractivity contribution in [1.82, 2.24) is 0 Å². The first-order valence-corrected chi connectivity index (χ1v) is 8.86. The molecule has 1 N–H and O–H groups in total. The number of benzene rings is 2. The second kappa shape index (κ2) is 7.62. The Morgan fingerprint density at radius 1 is 1.04 bits per heavy atom. The fraction of sp³-hybridized carbons (Fsp3) is 0.235. The van der Waals surface area contributed by atoms with Crippen molar-refractivity contribution < 1.29 is 28.3 Å². The van der Waals surface area contributed by atoms with Crippen molar-refractivity contribution in [3.05, 3.63) is 65.2 Å². The molecule has 0 saturated heterocycles. The van der Waals surface area contributed by atoms with Gasteiger partial charge in [0.1, 0.15) is 5.75 Å². The van der Waals surface area contributed by atoms with E-state index in [9.17, 15) is 14.3 Å². The van der Waals surface area contributed by atoms with E-state index in [1.54, 1.807) is 36.4 Å². The Bertz CT molecular complexity index is 737. The number of carbonyl (C=O) groups excluding carboxylic acids is 1. The highest BCUT2D eigenvalue weighted by Crippen LogP contribution is 2.44. The van der Waals surface area contributed by atoms with Crippen LogP contribution in [0.4, 0.5) is 0 Å². The standard InChI is InChI=1S/C17H19O6P/c1-12(2)14-8-10-16(11-9-14)22-24(19,20)23-21-17(18)15-6-4-13(3)5-7-15/h4-12H,1-3H3,(H,19,20). The molecule has 128 valence electrons. The Labute approximate surface area is 140 Å². The topological polar surface area (TPSA) is 82.1 Å². The minimum atomic E-state index is -4.58. The van der Waals surface area contributed by atoms with Gasteiger partial charge in [-0.2, -0.15) is 0 Å². The Morgan fingerprint density at radius 2 is 1.62 bits per heavy atom. The van der Waals surface area contributed by atoms with Crippen LogP contribution >= 0.6 is 7.82 Å². The largest absolute Gasteiger partial charge is 0.564 e. The summed E-state index contributed by atoms with van der Waals surface area (Å²) in [4.78, 5) is 25.7. The van der Waals surface area contributed by atoms with E-state index in [2.05, 4.69) is 9.56 Å². The average Bonchev–Trinajstić information content (AvgIpc) is 2.53. The quantitative estimate of drug-likeness (QED) is 0.473. The van der Waals surface area contributed by atoms with E-state index in [4.69, 9.17) is 4.52 Å². The maximum atomic E-state index is 11.8. The molecule has 0 aliphatic carbocycles. The van der Waals surface area contributed by atoms with Crippen LogP contribution < -0.4 is 4.52 Å². The van der Waals surface area contributed by atoms with Crippen molar-refractivity contribution >= 4 is 13.8 Å². The summed E-state index contributed by atoms with van der Waals surface area (Å²) in [5.74, 6) is -0.425. The van der Waals surface area contributed by atoms with Crippen molar-refractivity contribution in [2.45, 2.75) is 26.7 Å². The average molecular weight is 350 g/mol. The predicted molar refractivity (Wildman–Crippen MR) is 88.7 cm³/mol. The zero-order valence-electron chi connectivity index (χ0n) is 13.6. The smallest absolute Gasteiger partial charge is 0.402 e. The predicted octanol–water partition coefficient (Wildman–Crippen LogP) is 4.39. The molecule has 0 fully saturated rings. The molecular weight excluding hydrogens is 331 g/mol. The number of aryl methyl sites for hydroxylation is 1. The first-order chi connectivity index (χ1) is 11.3. The number of hydrogen-bond acceptors (Lipinski definition) is 5. The summed E-state index contributed by atoms with van der Waals surface area (Å²) < 4.78 is 21.0. The maximum absolute atomic E-state index is 11.8. The number of phosphoric ester groups is 1. The van der Waals surface area contributed by atoms with Gasteiger partial charge in [0, 0.05) is 0 Å². The normalized spacial score (nSPS) is 13.4. The van der Waals surface area contributed by atoms with Crippen LogP contribution in [0.3, 0.4) is 0 Å². The fourth-order valence-corrected chi connectivity index (χ4v) is 2.46. The Morgan fingerprint density at radius 3 is 2.17 bits per heavy atom. The van der Waals surface area contributed by atoms with E-state index in [0.717, 1.165) is 11.1 Å². The third-order valence-corrected chi connectivity index (χ3v) is 3.97. The molecule has 0 radical (unpaired) electrons. The van der Waals surface area contributed by atoms with E-state index in [1.807, 2.05) is 20.8 Å². The number of rotatable bonds is 6. The van der Waals surface area contributed by atoms with E-state index in [-0.39, 0.29) is 11.3 Å². The molecule has 2 aromatic carbocycles. The van der Waals surface area contributed by atoms with Crippen LogP contribution in [0, 0.1) is 6.92 Å². The molecule has 1 atom stereocenters. The van der Waals surface area contributed by atoms with Gasteiger partial charge in [0.25, 0.3) is 0 Å². The summed E-state index contributed by atoms with van der Waals surface area (Å²) >= 11 is 0. The van der Waals surface area contributed by atoms with Crippen LogP contribution in [0.1, 0.15) is 41.3 Å². The van der Waals surface area contributed by atoms with Crippen LogP contribution in [0.15, 0.2) is 48.5 Å². The lowest BCUT2D eigenvalue weighted by atomic mass is 10.0. The highest BCUT2D eigenvalue weighted by Gasteiger charge is 2.27. The van der Waals surface area contributed by atoms with Crippen molar-refractivity contribution in [2.75, 3.05) is 0 Å². The monoisotopic (exact) mass is 350 g/mol. The summed E-state index contributed by atoms with van der Waals surface area (Å²) in [5, 5.41) is 0. The molecule has 2 rings (SSSR count). The van der Waals surface area contributed by atoms with Gasteiger partial charge < -0.3 is 4.52 Å². The number of carbonyl (C=O) groups is 1. The van der Waals surface area contributed by atoms with Gasteiger partial charge in [0.2, 0.25) is 0 Å². The van der Waals surface area contributed by atoms with Crippen LogP contribution in [0.25, 0.3) is 0 Å². The molecule has 24 heavy (non-hydrogen) atoms. The molecule has 0 bridgehead atoms. The summed E-state index contributed by atoms with van der Waals surface area (Å²) in [6, 6.07) is 13.1. The van der Waals surface area contributed by atoms with Crippen LogP contribution in [0.2, 0.25) is 0 Å². The van der Waals surface area contributed by atoms with Gasteiger partial charge in [-0.15, -0.1) is 0 Å². The lowest BCUT2D eigenvalue weighted by molar-refractivity contribution is -0.165. The highest BCUT2D eigenvalue weighted by molar-refractivity contribution is 7.47. The van der Waals surface area contributed by atoms with Gasteiger partial charge >= 0.3 is 13.8 Å². The Balaban J connectivity index is 1.94. The van der Waals surface area contributed by atoms with Gasteiger partial charge in [-0.1, -0.05) is 48.4 Å². The summed E-state index contributed by atoms with van der Waals surface area (Å²) in [7, 11) is -4.58. The molecule has 0 amide bonds. The van der Waals surface area contributed by atoms with Crippen molar-refractivity contribution in [3.63, 3.8) is 0 Å². The van der Waals surface area contributed by atoms with E-state index in [0.29, 0.717) is 5.92 Å². The Kier molecular flexibility index (Phi) is 5.78. The fourth-order valence-electron chi connectivity index (χ4n) is 1.88. The number of hydrogen-bond donors (Lipinski definition) is 1. The van der Waals surface area contributed by atoms with Crippen molar-refractivity contribution in [2.24, 2.45) is 0 Å². The molecule has 7 heteroatoms. The molecular formula is C17H19O6P.